The summed E-state index contributed by atoms with van der Waals surface area (Å²) >= 11 is 5.59. The Hall–Kier alpha value is -1.54. The quantitative estimate of drug-likeness (QED) is 0.836. The average Bonchev–Trinajstić information content (AvgIpc) is 2.88. The van der Waals surface area contributed by atoms with Crippen LogP contribution in [-0.4, -0.2) is 69.1 Å². The SMILES string of the molecule is CN1CCN(Cn2nc(-c3ccccc3)n(CCO)c2=S)CC1. The van der Waals surface area contributed by atoms with Crippen LogP contribution in [0.4, 0.5) is 0 Å². The van der Waals surface area contributed by atoms with Gasteiger partial charge in [0.25, 0.3) is 0 Å². The highest BCUT2D eigenvalue weighted by molar-refractivity contribution is 7.71. The predicted molar refractivity (Wildman–Crippen MR) is 92.6 cm³/mol. The van der Waals surface area contributed by atoms with Crippen molar-refractivity contribution >= 4 is 12.2 Å². The Bertz CT molecular complexity index is 688. The van der Waals surface area contributed by atoms with Gasteiger partial charge in [-0.25, -0.2) is 4.68 Å². The van der Waals surface area contributed by atoms with Crippen LogP contribution in [-0.2, 0) is 13.2 Å². The maximum atomic E-state index is 9.36. The lowest BCUT2D eigenvalue weighted by Crippen LogP contribution is -2.45. The van der Waals surface area contributed by atoms with Crippen LogP contribution in [0.2, 0.25) is 0 Å². The van der Waals surface area contributed by atoms with Crippen molar-refractivity contribution in [1.82, 2.24) is 24.1 Å². The number of aliphatic hydroxyl groups is 1. The Morgan fingerprint density at radius 1 is 1.13 bits per heavy atom. The summed E-state index contributed by atoms with van der Waals surface area (Å²) in [5.74, 6) is 0.818. The molecule has 2 aromatic rings. The fraction of sp³-hybridized carbons (Fsp3) is 0.500. The van der Waals surface area contributed by atoms with E-state index in [1.54, 1.807) is 0 Å². The molecule has 0 aliphatic carbocycles. The summed E-state index contributed by atoms with van der Waals surface area (Å²) in [7, 11) is 2.15. The topological polar surface area (TPSA) is 49.5 Å². The van der Waals surface area contributed by atoms with E-state index in [-0.39, 0.29) is 6.61 Å². The largest absolute Gasteiger partial charge is 0.395 e. The second-order valence-electron chi connectivity index (χ2n) is 5.91. The lowest BCUT2D eigenvalue weighted by atomic mass is 10.2. The number of aliphatic hydroxyl groups excluding tert-OH is 1. The molecule has 7 heteroatoms. The number of piperazine rings is 1. The van der Waals surface area contributed by atoms with Gasteiger partial charge < -0.3 is 10.0 Å². The van der Waals surface area contributed by atoms with Crippen molar-refractivity contribution in [2.24, 2.45) is 0 Å². The highest BCUT2D eigenvalue weighted by atomic mass is 32.1. The van der Waals surface area contributed by atoms with Crippen LogP contribution >= 0.6 is 12.2 Å². The molecule has 0 saturated carbocycles. The first-order chi connectivity index (χ1) is 11.2. The third kappa shape index (κ3) is 3.69. The number of benzene rings is 1. The molecule has 1 saturated heterocycles. The van der Waals surface area contributed by atoms with Crippen molar-refractivity contribution in [2.75, 3.05) is 39.8 Å². The molecule has 1 aliphatic heterocycles. The minimum atomic E-state index is 0.0499. The van der Waals surface area contributed by atoms with E-state index in [9.17, 15) is 5.11 Å². The first-order valence-corrected chi connectivity index (χ1v) is 8.34. The molecular formula is C16H23N5OS. The van der Waals surface area contributed by atoms with Crippen molar-refractivity contribution in [3.63, 3.8) is 0 Å². The second-order valence-corrected chi connectivity index (χ2v) is 6.27. The van der Waals surface area contributed by atoms with Gasteiger partial charge in [-0.15, -0.1) is 0 Å². The number of likely N-dealkylation sites (N-methyl/N-ethyl adjacent to an activating group) is 1. The molecule has 0 atom stereocenters. The predicted octanol–water partition coefficient (Wildman–Crippen LogP) is 1.28. The molecule has 0 spiro atoms. The zero-order valence-electron chi connectivity index (χ0n) is 13.4. The van der Waals surface area contributed by atoms with E-state index >= 15 is 0 Å². The summed E-state index contributed by atoms with van der Waals surface area (Å²) in [6, 6.07) is 9.99. The van der Waals surface area contributed by atoms with E-state index in [1.807, 2.05) is 39.6 Å². The molecule has 0 radical (unpaired) electrons. The number of rotatable bonds is 5. The minimum absolute atomic E-state index is 0.0499. The van der Waals surface area contributed by atoms with Crippen molar-refractivity contribution in [1.29, 1.82) is 0 Å². The van der Waals surface area contributed by atoms with Gasteiger partial charge in [-0.1, -0.05) is 30.3 Å². The van der Waals surface area contributed by atoms with Gasteiger partial charge in [0.15, 0.2) is 10.6 Å². The molecule has 1 aliphatic rings. The average molecular weight is 333 g/mol. The fourth-order valence-corrected chi connectivity index (χ4v) is 3.09. The van der Waals surface area contributed by atoms with Crippen LogP contribution in [0.3, 0.4) is 0 Å². The van der Waals surface area contributed by atoms with Crippen molar-refractivity contribution in [3.8, 4) is 11.4 Å². The Labute approximate surface area is 141 Å². The third-order valence-electron chi connectivity index (χ3n) is 4.21. The molecule has 1 fully saturated rings. The third-order valence-corrected chi connectivity index (χ3v) is 4.64. The van der Waals surface area contributed by atoms with Gasteiger partial charge in [0.05, 0.1) is 19.8 Å². The van der Waals surface area contributed by atoms with Gasteiger partial charge in [0.2, 0.25) is 0 Å². The summed E-state index contributed by atoms with van der Waals surface area (Å²) in [5.41, 5.74) is 1.02. The molecule has 1 aromatic heterocycles. The van der Waals surface area contributed by atoms with E-state index in [0.717, 1.165) is 37.6 Å². The van der Waals surface area contributed by atoms with Gasteiger partial charge in [-0.05, 0) is 19.3 Å². The van der Waals surface area contributed by atoms with Gasteiger partial charge in [0.1, 0.15) is 0 Å². The lowest BCUT2D eigenvalue weighted by Gasteiger charge is -2.31. The standard InChI is InChI=1S/C16H23N5OS/c1-18-7-9-19(10-8-18)13-21-16(23)20(11-12-22)15(17-21)14-5-3-2-4-6-14/h2-6,22H,7-13H2,1H3. The summed E-state index contributed by atoms with van der Waals surface area (Å²) in [6.07, 6.45) is 0. The van der Waals surface area contributed by atoms with Crippen LogP contribution in [0.15, 0.2) is 30.3 Å². The lowest BCUT2D eigenvalue weighted by molar-refractivity contribution is 0.118. The van der Waals surface area contributed by atoms with Crippen LogP contribution in [0.1, 0.15) is 0 Å². The highest BCUT2D eigenvalue weighted by Gasteiger charge is 2.17. The summed E-state index contributed by atoms with van der Waals surface area (Å²) < 4.78 is 4.45. The maximum absolute atomic E-state index is 9.36. The maximum Gasteiger partial charge on any atom is 0.199 e. The Morgan fingerprint density at radius 2 is 1.83 bits per heavy atom. The normalized spacial score (nSPS) is 16.8. The first kappa shape index (κ1) is 16.3. The molecule has 0 bridgehead atoms. The zero-order chi connectivity index (χ0) is 16.2. The van der Waals surface area contributed by atoms with Gasteiger partial charge >= 0.3 is 0 Å². The number of aromatic nitrogens is 3. The summed E-state index contributed by atoms with van der Waals surface area (Å²) in [5, 5.41) is 14.1. The molecule has 23 heavy (non-hydrogen) atoms. The minimum Gasteiger partial charge on any atom is -0.395 e. The number of nitrogens with zero attached hydrogens (tertiary/aromatic N) is 5. The molecule has 1 aromatic carbocycles. The van der Waals surface area contributed by atoms with E-state index in [1.165, 1.54) is 0 Å². The Kier molecular flexibility index (Phi) is 5.22. The summed E-state index contributed by atoms with van der Waals surface area (Å²) in [6.45, 7) is 5.38. The number of hydrogen-bond donors (Lipinski definition) is 1. The van der Waals surface area contributed by atoms with Gasteiger partial charge in [-0.2, -0.15) is 5.10 Å². The van der Waals surface area contributed by atoms with E-state index < -0.39 is 0 Å². The second kappa shape index (κ2) is 7.35. The van der Waals surface area contributed by atoms with E-state index in [4.69, 9.17) is 17.3 Å². The first-order valence-electron chi connectivity index (χ1n) is 7.94. The molecule has 3 rings (SSSR count). The molecule has 2 heterocycles. The molecule has 124 valence electrons. The van der Waals surface area contributed by atoms with Crippen molar-refractivity contribution in [3.05, 3.63) is 35.1 Å². The van der Waals surface area contributed by atoms with Crippen LogP contribution in [0.25, 0.3) is 11.4 Å². The van der Waals surface area contributed by atoms with Gasteiger partial charge in [-0.3, -0.25) is 9.47 Å². The van der Waals surface area contributed by atoms with Crippen molar-refractivity contribution in [2.45, 2.75) is 13.2 Å². The van der Waals surface area contributed by atoms with Gasteiger partial charge in [0, 0.05) is 31.7 Å². The van der Waals surface area contributed by atoms with Crippen molar-refractivity contribution < 1.29 is 5.11 Å². The molecule has 6 nitrogen and oxygen atoms in total. The van der Waals surface area contributed by atoms with Crippen LogP contribution in [0, 0.1) is 4.77 Å². The monoisotopic (exact) mass is 333 g/mol. The van der Waals surface area contributed by atoms with Crippen LogP contribution < -0.4 is 0 Å². The zero-order valence-corrected chi connectivity index (χ0v) is 14.2. The molecule has 1 N–H and O–H groups in total. The highest BCUT2D eigenvalue weighted by Crippen LogP contribution is 2.18. The molecule has 0 amide bonds. The fourth-order valence-electron chi connectivity index (χ4n) is 2.81. The molecule has 0 unspecified atom stereocenters. The Morgan fingerprint density at radius 3 is 2.48 bits per heavy atom. The van der Waals surface area contributed by atoms with E-state index in [0.29, 0.717) is 18.0 Å². The number of hydrogen-bond acceptors (Lipinski definition) is 5. The summed E-state index contributed by atoms with van der Waals surface area (Å²) in [4.78, 5) is 4.69. The van der Waals surface area contributed by atoms with E-state index in [2.05, 4.69) is 16.8 Å². The van der Waals surface area contributed by atoms with Crippen LogP contribution in [0.5, 0.6) is 0 Å². The Balaban J connectivity index is 1.88. The molecular weight excluding hydrogens is 310 g/mol. The smallest absolute Gasteiger partial charge is 0.199 e.